The molecule has 0 spiro atoms. The smallest absolute Gasteiger partial charge is 1.00 e. The van der Waals surface area contributed by atoms with Crippen LogP contribution in [0, 0.1) is 0 Å². The van der Waals surface area contributed by atoms with E-state index < -0.39 is 20.8 Å². The van der Waals surface area contributed by atoms with E-state index in [1.807, 2.05) is 0 Å². The molecule has 0 radical (unpaired) electrons. The minimum absolute atomic E-state index is 0. The number of hydrogen-bond acceptors (Lipinski definition) is 3. The van der Waals surface area contributed by atoms with E-state index in [-0.39, 0.29) is 62.0 Å². The Balaban J connectivity index is -0.000000640. The van der Waals surface area contributed by atoms with Gasteiger partial charge >= 0.3 is 59.1 Å². The van der Waals surface area contributed by atoms with E-state index in [9.17, 15) is 13.5 Å². The second-order valence-electron chi connectivity index (χ2n) is 3.11. The molecule has 0 amide bonds. The van der Waals surface area contributed by atoms with Crippen molar-refractivity contribution in [2.24, 2.45) is 0 Å². The maximum absolute atomic E-state index is 11.1. The maximum Gasteiger partial charge on any atom is 1.00 e. The minimum Gasteiger partial charge on any atom is -1.00 e. The van der Waals surface area contributed by atoms with Crippen molar-refractivity contribution in [3.63, 3.8) is 0 Å². The van der Waals surface area contributed by atoms with Gasteiger partial charge in [-0.2, -0.15) is 8.42 Å². The normalized spacial score (nSPS) is 10.4. The quantitative estimate of drug-likeness (QED) is 0.410. The van der Waals surface area contributed by atoms with Gasteiger partial charge in [-0.25, -0.2) is 0 Å². The molecule has 7 heteroatoms. The van der Waals surface area contributed by atoms with Gasteiger partial charge in [0.05, 0.1) is 0 Å². The van der Waals surface area contributed by atoms with Gasteiger partial charge < -0.3 is 7.96 Å². The summed E-state index contributed by atoms with van der Waals surface area (Å²) in [7, 11) is -4.41. The first-order valence-corrected chi connectivity index (χ1v) is 5.62. The van der Waals surface area contributed by atoms with E-state index in [4.69, 9.17) is 4.55 Å². The van der Waals surface area contributed by atoms with Crippen molar-refractivity contribution in [3.05, 3.63) is 36.4 Å². The molecule has 0 fully saturated rings. The Morgan fingerprint density at radius 2 is 1.59 bits per heavy atom. The van der Waals surface area contributed by atoms with Gasteiger partial charge in [0, 0.05) is 5.39 Å². The van der Waals surface area contributed by atoms with E-state index in [0.717, 1.165) is 0 Å². The molecule has 0 bridgehead atoms. The van der Waals surface area contributed by atoms with Gasteiger partial charge in [-0.15, -0.1) is 0 Å². The van der Waals surface area contributed by atoms with Crippen molar-refractivity contribution in [2.45, 2.75) is 4.90 Å². The van der Waals surface area contributed by atoms with Gasteiger partial charge in [0.25, 0.3) is 10.1 Å². The third-order valence-electron chi connectivity index (χ3n) is 2.12. The fourth-order valence-electron chi connectivity index (χ4n) is 1.50. The van der Waals surface area contributed by atoms with Crippen molar-refractivity contribution in [1.29, 1.82) is 0 Å². The van der Waals surface area contributed by atoms with Crippen molar-refractivity contribution in [2.75, 3.05) is 0 Å². The summed E-state index contributed by atoms with van der Waals surface area (Å²) in [5.41, 5.74) is 0. The van der Waals surface area contributed by atoms with Gasteiger partial charge in [-0.05, 0) is 11.5 Å². The summed E-state index contributed by atoms with van der Waals surface area (Å²) in [5, 5.41) is 10.4. The van der Waals surface area contributed by atoms with E-state index in [2.05, 4.69) is 0 Å². The predicted octanol–water partition coefficient (Wildman–Crippen LogP) is -3.97. The molecule has 0 saturated carbocycles. The first kappa shape index (κ1) is 17.4. The molecule has 4 nitrogen and oxygen atoms in total. The van der Waals surface area contributed by atoms with Gasteiger partial charge in [0.2, 0.25) is 0 Å². The molecule has 17 heavy (non-hydrogen) atoms. The molecule has 0 saturated heterocycles. The zero-order chi connectivity index (χ0) is 11.1. The summed E-state index contributed by atoms with van der Waals surface area (Å²) >= 11 is 0. The van der Waals surface area contributed by atoms with Crippen LogP contribution in [0.15, 0.2) is 41.3 Å². The monoisotopic (exact) mass is 272 g/mol. The molecule has 2 aromatic rings. The molecule has 82 valence electrons. The molecular weight excluding hydrogens is 262 g/mol. The fraction of sp³-hybridized carbons (Fsp3) is 0. The van der Waals surface area contributed by atoms with Crippen LogP contribution in [0.2, 0.25) is 0 Å². The summed E-state index contributed by atoms with van der Waals surface area (Å²) in [4.78, 5) is -0.444. The molecule has 0 aromatic heterocycles. The van der Waals surface area contributed by atoms with E-state index in [0.29, 0.717) is 10.8 Å². The Morgan fingerprint density at radius 3 is 2.18 bits per heavy atom. The number of fused-ring (bicyclic) bond motifs is 1. The second kappa shape index (κ2) is 6.54. The average molecular weight is 272 g/mol. The topological polar surface area (TPSA) is 74.6 Å². The number of phenolic OH excluding ortho intramolecular Hbond substituents is 1. The maximum atomic E-state index is 11.1. The summed E-state index contributed by atoms with van der Waals surface area (Å²) in [6, 6.07) is 9.43. The Morgan fingerprint density at radius 1 is 1.00 bits per heavy atom. The molecule has 2 aromatic carbocycles. The van der Waals surface area contributed by atoms with Crippen LogP contribution in [0.25, 0.3) is 10.8 Å². The van der Waals surface area contributed by atoms with Crippen molar-refractivity contribution in [3.8, 4) is 5.75 Å². The van der Waals surface area contributed by atoms with Crippen LogP contribution in [0.1, 0.15) is 2.85 Å². The first-order chi connectivity index (χ1) is 7.00. The first-order valence-electron chi connectivity index (χ1n) is 4.18. The molecular formula is C10H10Na2O4S. The van der Waals surface area contributed by atoms with Gasteiger partial charge in [-0.1, -0.05) is 30.3 Å². The van der Waals surface area contributed by atoms with Crippen molar-refractivity contribution < 1.29 is 80.0 Å². The summed E-state index contributed by atoms with van der Waals surface area (Å²) in [6.45, 7) is 0. The third-order valence-corrected chi connectivity index (χ3v) is 3.06. The Labute approximate surface area is 146 Å². The van der Waals surface area contributed by atoms with Crippen LogP contribution in [0.3, 0.4) is 0 Å². The van der Waals surface area contributed by atoms with Crippen LogP contribution in [-0.2, 0) is 10.1 Å². The fourth-order valence-corrected chi connectivity index (χ4v) is 2.30. The average Bonchev–Trinajstić information content (AvgIpc) is 2.15. The number of aromatic hydroxyl groups is 1. The Hall–Kier alpha value is 0.410. The molecule has 0 aliphatic carbocycles. The van der Waals surface area contributed by atoms with E-state index in [1.54, 1.807) is 24.3 Å². The van der Waals surface area contributed by atoms with Gasteiger partial charge in [-0.3, -0.25) is 4.55 Å². The molecule has 0 atom stereocenters. The van der Waals surface area contributed by atoms with Crippen LogP contribution in [-0.4, -0.2) is 18.1 Å². The minimum atomic E-state index is -4.41. The van der Waals surface area contributed by atoms with E-state index >= 15 is 0 Å². The number of hydrogen-bond donors (Lipinski definition) is 2. The molecule has 0 aliphatic rings. The molecule has 0 unspecified atom stereocenters. The van der Waals surface area contributed by atoms with Crippen LogP contribution >= 0.6 is 0 Å². The molecule has 2 N–H and O–H groups in total. The van der Waals surface area contributed by atoms with Crippen LogP contribution in [0.5, 0.6) is 5.75 Å². The van der Waals surface area contributed by atoms with Crippen molar-refractivity contribution in [1.82, 2.24) is 0 Å². The Kier molecular flexibility index (Phi) is 6.70. The zero-order valence-corrected chi connectivity index (χ0v) is 14.4. The van der Waals surface area contributed by atoms with Crippen molar-refractivity contribution >= 4 is 20.9 Å². The predicted molar refractivity (Wildman–Crippen MR) is 57.7 cm³/mol. The van der Waals surface area contributed by atoms with Crippen LogP contribution in [0.4, 0.5) is 0 Å². The second-order valence-corrected chi connectivity index (χ2v) is 4.47. The summed E-state index contributed by atoms with van der Waals surface area (Å²) < 4.78 is 31.1. The van der Waals surface area contributed by atoms with E-state index in [1.165, 1.54) is 12.1 Å². The van der Waals surface area contributed by atoms with Crippen LogP contribution < -0.4 is 59.1 Å². The zero-order valence-electron chi connectivity index (χ0n) is 11.6. The molecule has 2 rings (SSSR count). The number of benzene rings is 2. The Bertz CT molecular complexity index is 634. The number of phenols is 1. The standard InChI is InChI=1S/C10H8O4S.2Na.2H/c11-9-6-5-7-3-1-2-4-8(7)10(9)15(12,13)14;;;;/h1-6,11H,(H,12,13,14);;;;/q;2*+1;2*-1. The van der Waals surface area contributed by atoms with Gasteiger partial charge in [0.1, 0.15) is 10.6 Å². The molecule has 0 aliphatic heterocycles. The summed E-state index contributed by atoms with van der Waals surface area (Å²) in [6.07, 6.45) is 0. The number of rotatable bonds is 1. The van der Waals surface area contributed by atoms with Gasteiger partial charge in [0.15, 0.2) is 0 Å². The third kappa shape index (κ3) is 3.68. The summed E-state index contributed by atoms with van der Waals surface area (Å²) in [5.74, 6) is -0.448. The SMILES string of the molecule is O=S(=O)(O)c1c(O)ccc2ccccc12.[H-].[H-].[Na+].[Na+]. The molecule has 0 heterocycles. The largest absolute Gasteiger partial charge is 1.00 e.